The highest BCUT2D eigenvalue weighted by Gasteiger charge is 2.61. The molecule has 1 saturated heterocycles. The van der Waals surface area contributed by atoms with Crippen LogP contribution in [0.2, 0.25) is 0 Å². The zero-order valence-corrected chi connectivity index (χ0v) is 13.3. The third kappa shape index (κ3) is 2.76. The van der Waals surface area contributed by atoms with Crippen molar-refractivity contribution in [3.63, 3.8) is 0 Å². The van der Waals surface area contributed by atoms with E-state index in [1.54, 1.807) is 6.07 Å². The molecular formula is C16H17NO7. The number of carbonyl (C=O) groups is 2. The second-order valence-electron chi connectivity index (χ2n) is 5.30. The van der Waals surface area contributed by atoms with Crippen molar-refractivity contribution in [2.24, 2.45) is 5.41 Å². The highest BCUT2D eigenvalue weighted by atomic mass is 16.6. The zero-order valence-electron chi connectivity index (χ0n) is 13.3. The van der Waals surface area contributed by atoms with Crippen molar-refractivity contribution >= 4 is 17.6 Å². The molecule has 1 heterocycles. The molecule has 1 fully saturated rings. The van der Waals surface area contributed by atoms with E-state index in [9.17, 15) is 19.7 Å². The zero-order chi connectivity index (χ0) is 17.9. The Morgan fingerprint density at radius 3 is 2.50 bits per heavy atom. The van der Waals surface area contributed by atoms with Crippen molar-refractivity contribution in [1.82, 2.24) is 0 Å². The maximum absolute atomic E-state index is 12.4. The van der Waals surface area contributed by atoms with Crippen molar-refractivity contribution in [3.8, 4) is 0 Å². The van der Waals surface area contributed by atoms with E-state index in [0.29, 0.717) is 5.56 Å². The van der Waals surface area contributed by atoms with E-state index in [-0.39, 0.29) is 12.1 Å². The highest BCUT2D eigenvalue weighted by molar-refractivity contribution is 6.01. The number of esters is 2. The standard InChI is InChI=1S/C16H17NO7/c1-4-12-9-16(14(18)22-2,15(19)23-3)13(24-12)10-6-5-7-11(8-10)17(20)21/h4-8,12-13H,1,9H2,2-3H3/t12-,13+/m0/s1. The molecule has 2 rings (SSSR count). The van der Waals surface area contributed by atoms with E-state index in [1.807, 2.05) is 0 Å². The molecule has 8 nitrogen and oxygen atoms in total. The predicted molar refractivity (Wildman–Crippen MR) is 82.0 cm³/mol. The number of rotatable bonds is 5. The molecule has 0 saturated carbocycles. The van der Waals surface area contributed by atoms with Gasteiger partial charge in [0.25, 0.3) is 5.69 Å². The number of hydrogen-bond acceptors (Lipinski definition) is 7. The van der Waals surface area contributed by atoms with Crippen LogP contribution in [0.25, 0.3) is 0 Å². The van der Waals surface area contributed by atoms with Gasteiger partial charge in [0.15, 0.2) is 5.41 Å². The summed E-state index contributed by atoms with van der Waals surface area (Å²) in [7, 11) is 2.30. The third-order valence-electron chi connectivity index (χ3n) is 4.03. The van der Waals surface area contributed by atoms with Crippen LogP contribution in [0.15, 0.2) is 36.9 Å². The largest absolute Gasteiger partial charge is 0.468 e. The van der Waals surface area contributed by atoms with Crippen LogP contribution in [0, 0.1) is 15.5 Å². The Labute approximate surface area is 138 Å². The number of nitro benzene ring substituents is 1. The summed E-state index contributed by atoms with van der Waals surface area (Å²) in [5.74, 6) is -1.65. The van der Waals surface area contributed by atoms with Crippen molar-refractivity contribution < 1.29 is 28.7 Å². The fraction of sp³-hybridized carbons (Fsp3) is 0.375. The number of ether oxygens (including phenoxy) is 3. The van der Waals surface area contributed by atoms with Gasteiger partial charge in [-0.05, 0) is 5.56 Å². The molecule has 1 aliphatic rings. The Morgan fingerprint density at radius 2 is 2.00 bits per heavy atom. The summed E-state index contributed by atoms with van der Waals surface area (Å²) in [6.45, 7) is 3.62. The Morgan fingerprint density at radius 1 is 1.38 bits per heavy atom. The van der Waals surface area contributed by atoms with Gasteiger partial charge in [-0.25, -0.2) is 0 Å². The van der Waals surface area contributed by atoms with Gasteiger partial charge in [-0.15, -0.1) is 6.58 Å². The maximum atomic E-state index is 12.4. The summed E-state index contributed by atoms with van der Waals surface area (Å²) in [4.78, 5) is 35.3. The lowest BCUT2D eigenvalue weighted by Gasteiger charge is -2.28. The van der Waals surface area contributed by atoms with Crippen LogP contribution >= 0.6 is 0 Å². The van der Waals surface area contributed by atoms with Crippen LogP contribution in [0.3, 0.4) is 0 Å². The van der Waals surface area contributed by atoms with Crippen molar-refractivity contribution in [1.29, 1.82) is 0 Å². The van der Waals surface area contributed by atoms with E-state index in [1.165, 1.54) is 24.3 Å². The number of non-ortho nitro benzene ring substituents is 1. The number of nitro groups is 1. The Hall–Kier alpha value is -2.74. The highest BCUT2D eigenvalue weighted by Crippen LogP contribution is 2.50. The van der Waals surface area contributed by atoms with Gasteiger partial charge in [0.2, 0.25) is 0 Å². The van der Waals surface area contributed by atoms with Gasteiger partial charge in [-0.2, -0.15) is 0 Å². The number of benzene rings is 1. The first-order valence-electron chi connectivity index (χ1n) is 7.10. The molecule has 0 N–H and O–H groups in total. The molecule has 2 atom stereocenters. The average Bonchev–Trinajstić information content (AvgIpc) is 3.01. The number of methoxy groups -OCH3 is 2. The Kier molecular flexibility index (Phi) is 4.99. The minimum absolute atomic E-state index is 0.0246. The van der Waals surface area contributed by atoms with Crippen molar-refractivity contribution in [2.45, 2.75) is 18.6 Å². The lowest BCUT2D eigenvalue weighted by Crippen LogP contribution is -2.43. The average molecular weight is 335 g/mol. The molecule has 0 aromatic heterocycles. The minimum Gasteiger partial charge on any atom is -0.468 e. The molecule has 128 valence electrons. The van der Waals surface area contributed by atoms with Gasteiger partial charge in [0.1, 0.15) is 6.10 Å². The van der Waals surface area contributed by atoms with Crippen LogP contribution in [-0.2, 0) is 23.8 Å². The lowest BCUT2D eigenvalue weighted by molar-refractivity contribution is -0.385. The molecule has 0 aliphatic carbocycles. The van der Waals surface area contributed by atoms with Crippen LogP contribution < -0.4 is 0 Å². The molecule has 0 unspecified atom stereocenters. The quantitative estimate of drug-likeness (QED) is 0.266. The predicted octanol–water partition coefficient (Wildman–Crippen LogP) is 1.94. The lowest BCUT2D eigenvalue weighted by atomic mass is 9.77. The SMILES string of the molecule is C=C[C@H]1CC(C(=O)OC)(C(=O)OC)[C@@H](c2cccc([N+](=O)[O-])c2)O1. The second-order valence-corrected chi connectivity index (χ2v) is 5.30. The van der Waals surface area contributed by atoms with Gasteiger partial charge >= 0.3 is 11.9 Å². The molecule has 8 heteroatoms. The maximum Gasteiger partial charge on any atom is 0.326 e. The first kappa shape index (κ1) is 17.6. The normalized spacial score (nSPS) is 21.8. The van der Waals surface area contributed by atoms with E-state index in [4.69, 9.17) is 14.2 Å². The fourth-order valence-electron chi connectivity index (χ4n) is 2.90. The summed E-state index contributed by atoms with van der Waals surface area (Å²) in [6, 6.07) is 5.57. The summed E-state index contributed by atoms with van der Waals surface area (Å²) in [5, 5.41) is 11.0. The van der Waals surface area contributed by atoms with E-state index < -0.39 is 34.5 Å². The van der Waals surface area contributed by atoms with Crippen LogP contribution in [0.4, 0.5) is 5.69 Å². The molecule has 24 heavy (non-hydrogen) atoms. The molecular weight excluding hydrogens is 318 g/mol. The molecule has 1 aromatic rings. The third-order valence-corrected chi connectivity index (χ3v) is 4.03. The summed E-state index contributed by atoms with van der Waals surface area (Å²) in [5.41, 5.74) is -1.62. The molecule has 0 radical (unpaired) electrons. The summed E-state index contributed by atoms with van der Waals surface area (Å²) < 4.78 is 15.3. The smallest absolute Gasteiger partial charge is 0.326 e. The van der Waals surface area contributed by atoms with Crippen LogP contribution in [0.1, 0.15) is 18.1 Å². The molecule has 0 amide bonds. The van der Waals surface area contributed by atoms with Gasteiger partial charge < -0.3 is 14.2 Å². The monoisotopic (exact) mass is 335 g/mol. The van der Waals surface area contributed by atoms with Crippen molar-refractivity contribution in [3.05, 3.63) is 52.6 Å². The minimum atomic E-state index is -1.75. The first-order chi connectivity index (χ1) is 11.4. The first-order valence-corrected chi connectivity index (χ1v) is 7.10. The van der Waals surface area contributed by atoms with Gasteiger partial charge in [0.05, 0.1) is 25.2 Å². The Bertz CT molecular complexity index is 669. The van der Waals surface area contributed by atoms with Crippen molar-refractivity contribution in [2.75, 3.05) is 14.2 Å². The number of nitrogens with zero attached hydrogens (tertiary/aromatic N) is 1. The topological polar surface area (TPSA) is 105 Å². The number of hydrogen-bond donors (Lipinski definition) is 0. The summed E-state index contributed by atoms with van der Waals surface area (Å²) >= 11 is 0. The van der Waals surface area contributed by atoms with Crippen LogP contribution in [0.5, 0.6) is 0 Å². The molecule has 0 spiro atoms. The van der Waals surface area contributed by atoms with E-state index >= 15 is 0 Å². The molecule has 1 aliphatic heterocycles. The van der Waals surface area contributed by atoms with E-state index in [0.717, 1.165) is 14.2 Å². The fourth-order valence-corrected chi connectivity index (χ4v) is 2.90. The molecule has 1 aromatic carbocycles. The molecule has 0 bridgehead atoms. The van der Waals surface area contributed by atoms with Gasteiger partial charge in [0, 0.05) is 18.6 Å². The Balaban J connectivity index is 2.60. The number of carbonyl (C=O) groups excluding carboxylic acids is 2. The van der Waals surface area contributed by atoms with E-state index in [2.05, 4.69) is 6.58 Å². The van der Waals surface area contributed by atoms with Crippen LogP contribution in [-0.4, -0.2) is 37.2 Å². The van der Waals surface area contributed by atoms with Gasteiger partial charge in [-0.1, -0.05) is 18.2 Å². The van der Waals surface area contributed by atoms with Gasteiger partial charge in [-0.3, -0.25) is 19.7 Å². The second kappa shape index (κ2) is 6.79. The summed E-state index contributed by atoms with van der Waals surface area (Å²) in [6.07, 6.45) is -0.256.